The molecule has 0 radical (unpaired) electrons. The number of hydrogen-bond acceptors (Lipinski definition) is 5. The monoisotopic (exact) mass is 351 g/mol. The molecule has 2 aromatic rings. The number of piperidine rings is 1. The van der Waals surface area contributed by atoms with Crippen LogP contribution < -0.4 is 21.5 Å². The Morgan fingerprint density at radius 1 is 1.00 bits per heavy atom. The lowest BCUT2D eigenvalue weighted by Crippen LogP contribution is -2.38. The molecule has 4 rings (SSSR count). The van der Waals surface area contributed by atoms with Crippen molar-refractivity contribution in [1.29, 1.82) is 0 Å². The van der Waals surface area contributed by atoms with Crippen LogP contribution in [0.15, 0.2) is 42.6 Å². The lowest BCUT2D eigenvalue weighted by Gasteiger charge is -2.23. The summed E-state index contributed by atoms with van der Waals surface area (Å²) < 4.78 is 0. The van der Waals surface area contributed by atoms with Gasteiger partial charge >= 0.3 is 0 Å². The van der Waals surface area contributed by atoms with Crippen molar-refractivity contribution in [2.45, 2.75) is 37.6 Å². The van der Waals surface area contributed by atoms with Gasteiger partial charge in [-0.2, -0.15) is 0 Å². The second-order valence-corrected chi connectivity index (χ2v) is 7.08. The first-order valence-corrected chi connectivity index (χ1v) is 9.37. The molecule has 6 nitrogen and oxygen atoms in total. The van der Waals surface area contributed by atoms with Crippen LogP contribution in [0.3, 0.4) is 0 Å². The molecule has 0 bridgehead atoms. The van der Waals surface area contributed by atoms with Gasteiger partial charge in [0.25, 0.3) is 5.91 Å². The van der Waals surface area contributed by atoms with Crippen LogP contribution in [0.25, 0.3) is 0 Å². The molecule has 2 heterocycles. The molecular formula is C20H25N5O. The molecule has 1 aromatic heterocycles. The first-order chi connectivity index (χ1) is 12.8. The van der Waals surface area contributed by atoms with E-state index in [0.717, 1.165) is 37.4 Å². The van der Waals surface area contributed by atoms with E-state index in [-0.39, 0.29) is 5.91 Å². The van der Waals surface area contributed by atoms with Crippen LogP contribution in [0.2, 0.25) is 0 Å². The summed E-state index contributed by atoms with van der Waals surface area (Å²) >= 11 is 0. The molecular weight excluding hydrogens is 326 g/mol. The first-order valence-electron chi connectivity index (χ1n) is 9.37. The summed E-state index contributed by atoms with van der Waals surface area (Å²) in [5.41, 5.74) is 8.66. The smallest absolute Gasteiger partial charge is 0.266 e. The van der Waals surface area contributed by atoms with Crippen molar-refractivity contribution in [3.05, 3.63) is 53.7 Å². The summed E-state index contributed by atoms with van der Waals surface area (Å²) in [4.78, 5) is 16.3. The van der Waals surface area contributed by atoms with E-state index in [0.29, 0.717) is 17.5 Å². The fourth-order valence-corrected chi connectivity index (χ4v) is 3.21. The van der Waals surface area contributed by atoms with Crippen molar-refractivity contribution in [1.82, 2.24) is 21.2 Å². The topological polar surface area (TPSA) is 78.1 Å². The molecule has 1 aliphatic carbocycles. The number of pyridine rings is 1. The number of nitrogens with one attached hydrogen (secondary N) is 4. The van der Waals surface area contributed by atoms with E-state index in [4.69, 9.17) is 0 Å². The van der Waals surface area contributed by atoms with E-state index in [1.54, 1.807) is 12.3 Å². The average Bonchev–Trinajstić information content (AvgIpc) is 3.52. The van der Waals surface area contributed by atoms with Gasteiger partial charge in [0.2, 0.25) is 0 Å². The number of benzene rings is 1. The van der Waals surface area contributed by atoms with E-state index in [1.807, 2.05) is 6.07 Å². The SMILES string of the molecule is O=C(NNC1CC1)c1ccc(Nc2ccc(C3CCNCC3)cc2)nc1. The third-order valence-corrected chi connectivity index (χ3v) is 4.99. The number of hydrogen-bond donors (Lipinski definition) is 4. The van der Waals surface area contributed by atoms with Crippen LogP contribution in [0.4, 0.5) is 11.5 Å². The van der Waals surface area contributed by atoms with Gasteiger partial charge in [0.15, 0.2) is 0 Å². The number of rotatable bonds is 6. The molecule has 1 aromatic carbocycles. The summed E-state index contributed by atoms with van der Waals surface area (Å²) in [6, 6.07) is 12.6. The van der Waals surface area contributed by atoms with Crippen molar-refractivity contribution in [3.8, 4) is 0 Å². The highest BCUT2D eigenvalue weighted by molar-refractivity contribution is 5.93. The van der Waals surface area contributed by atoms with Crippen molar-refractivity contribution >= 4 is 17.4 Å². The molecule has 0 spiro atoms. The van der Waals surface area contributed by atoms with Crippen molar-refractivity contribution in [3.63, 3.8) is 0 Å². The summed E-state index contributed by atoms with van der Waals surface area (Å²) in [6.45, 7) is 2.20. The zero-order valence-electron chi connectivity index (χ0n) is 14.8. The Labute approximate surface area is 153 Å². The third kappa shape index (κ3) is 4.39. The molecule has 2 fully saturated rings. The van der Waals surface area contributed by atoms with Gasteiger partial charge in [0.1, 0.15) is 5.82 Å². The van der Waals surface area contributed by atoms with Gasteiger partial charge < -0.3 is 10.6 Å². The summed E-state index contributed by atoms with van der Waals surface area (Å²) in [5, 5.41) is 6.69. The van der Waals surface area contributed by atoms with Crippen molar-refractivity contribution in [2.75, 3.05) is 18.4 Å². The minimum atomic E-state index is -0.151. The summed E-state index contributed by atoms with van der Waals surface area (Å²) in [7, 11) is 0. The molecule has 136 valence electrons. The van der Waals surface area contributed by atoms with Crippen LogP contribution in [0.5, 0.6) is 0 Å². The maximum atomic E-state index is 12.0. The number of carbonyl (C=O) groups excluding carboxylic acids is 1. The normalized spacial score (nSPS) is 17.7. The second-order valence-electron chi connectivity index (χ2n) is 7.08. The Morgan fingerprint density at radius 3 is 2.42 bits per heavy atom. The predicted molar refractivity (Wildman–Crippen MR) is 102 cm³/mol. The highest BCUT2D eigenvalue weighted by Gasteiger charge is 2.21. The van der Waals surface area contributed by atoms with Crippen LogP contribution in [-0.2, 0) is 0 Å². The standard InChI is InChI=1S/C20H25N5O/c26-20(25-24-18-6-7-18)16-3-8-19(22-13-16)23-17-4-1-14(2-5-17)15-9-11-21-12-10-15/h1-5,8,13,15,18,21,24H,6-7,9-12H2,(H,22,23)(H,25,26). The van der Waals surface area contributed by atoms with Gasteiger partial charge in [-0.15, -0.1) is 0 Å². The van der Waals surface area contributed by atoms with Crippen LogP contribution in [0, 0.1) is 0 Å². The van der Waals surface area contributed by atoms with E-state index >= 15 is 0 Å². The minimum absolute atomic E-state index is 0.151. The van der Waals surface area contributed by atoms with Crippen molar-refractivity contribution in [2.24, 2.45) is 0 Å². The first kappa shape index (κ1) is 17.0. The summed E-state index contributed by atoms with van der Waals surface area (Å²) in [6.07, 6.45) is 6.24. The van der Waals surface area contributed by atoms with E-state index in [9.17, 15) is 4.79 Å². The maximum Gasteiger partial charge on any atom is 0.266 e. The highest BCUT2D eigenvalue weighted by Crippen LogP contribution is 2.26. The van der Waals surface area contributed by atoms with E-state index in [1.165, 1.54) is 18.4 Å². The third-order valence-electron chi connectivity index (χ3n) is 4.99. The van der Waals surface area contributed by atoms with E-state index in [2.05, 4.69) is 50.7 Å². The number of anilines is 2. The number of carbonyl (C=O) groups is 1. The second kappa shape index (κ2) is 7.85. The van der Waals surface area contributed by atoms with Gasteiger partial charge in [-0.3, -0.25) is 10.2 Å². The Balaban J connectivity index is 1.33. The van der Waals surface area contributed by atoms with E-state index < -0.39 is 0 Å². The highest BCUT2D eigenvalue weighted by atomic mass is 16.2. The number of nitrogens with zero attached hydrogens (tertiary/aromatic N) is 1. The summed E-state index contributed by atoms with van der Waals surface area (Å²) in [5.74, 6) is 1.24. The van der Waals surface area contributed by atoms with Gasteiger partial charge in [-0.25, -0.2) is 10.4 Å². The molecule has 1 saturated carbocycles. The molecule has 6 heteroatoms. The molecule has 1 saturated heterocycles. The Kier molecular flexibility index (Phi) is 5.13. The largest absolute Gasteiger partial charge is 0.340 e. The lowest BCUT2D eigenvalue weighted by atomic mass is 9.90. The van der Waals surface area contributed by atoms with Crippen LogP contribution in [0.1, 0.15) is 47.5 Å². The fraction of sp³-hybridized carbons (Fsp3) is 0.400. The fourth-order valence-electron chi connectivity index (χ4n) is 3.21. The zero-order valence-corrected chi connectivity index (χ0v) is 14.8. The molecule has 1 aliphatic heterocycles. The maximum absolute atomic E-state index is 12.0. The Hall–Kier alpha value is -2.44. The molecule has 0 unspecified atom stereocenters. The number of amides is 1. The van der Waals surface area contributed by atoms with Crippen LogP contribution >= 0.6 is 0 Å². The Bertz CT molecular complexity index is 734. The number of hydrazine groups is 1. The molecule has 1 amide bonds. The molecule has 26 heavy (non-hydrogen) atoms. The van der Waals surface area contributed by atoms with Crippen LogP contribution in [-0.4, -0.2) is 30.0 Å². The molecule has 0 atom stereocenters. The van der Waals surface area contributed by atoms with Gasteiger partial charge in [-0.1, -0.05) is 12.1 Å². The molecule has 2 aliphatic rings. The Morgan fingerprint density at radius 2 is 1.77 bits per heavy atom. The minimum Gasteiger partial charge on any atom is -0.340 e. The molecule has 4 N–H and O–H groups in total. The van der Waals surface area contributed by atoms with Crippen molar-refractivity contribution < 1.29 is 4.79 Å². The van der Waals surface area contributed by atoms with Gasteiger partial charge in [-0.05, 0) is 74.5 Å². The quantitative estimate of drug-likeness (QED) is 0.602. The lowest BCUT2D eigenvalue weighted by molar-refractivity contribution is 0.0931. The zero-order chi connectivity index (χ0) is 17.8. The average molecular weight is 351 g/mol. The predicted octanol–water partition coefficient (Wildman–Crippen LogP) is 2.69. The number of aromatic nitrogens is 1. The van der Waals surface area contributed by atoms with Gasteiger partial charge in [0.05, 0.1) is 5.56 Å². The van der Waals surface area contributed by atoms with Gasteiger partial charge in [0, 0.05) is 17.9 Å².